The van der Waals surface area contributed by atoms with Crippen LogP contribution in [0.2, 0.25) is 0 Å². The number of carbonyl (C=O) groups is 1. The van der Waals surface area contributed by atoms with Crippen molar-refractivity contribution in [2.45, 2.75) is 13.1 Å². The van der Waals surface area contributed by atoms with Crippen LogP contribution in [0.4, 0.5) is 15.2 Å². The van der Waals surface area contributed by atoms with Crippen LogP contribution in [0.1, 0.15) is 5.56 Å². The van der Waals surface area contributed by atoms with E-state index in [2.05, 4.69) is 10.1 Å². The molecule has 31 heavy (non-hydrogen) atoms. The highest BCUT2D eigenvalue weighted by Crippen LogP contribution is 2.29. The van der Waals surface area contributed by atoms with Crippen molar-refractivity contribution in [3.05, 3.63) is 93.9 Å². The van der Waals surface area contributed by atoms with Crippen LogP contribution in [0.3, 0.4) is 0 Å². The van der Waals surface area contributed by atoms with Gasteiger partial charge in [-0.15, -0.1) is 11.3 Å². The number of nitro groups is 1. The predicted molar refractivity (Wildman–Crippen MR) is 114 cm³/mol. The maximum atomic E-state index is 13.2. The average Bonchev–Trinajstić information content (AvgIpc) is 3.43. The van der Waals surface area contributed by atoms with E-state index >= 15 is 0 Å². The Labute approximate surface area is 180 Å². The number of thiazole rings is 1. The second-order valence-electron chi connectivity index (χ2n) is 6.64. The van der Waals surface area contributed by atoms with Crippen molar-refractivity contribution in [2.24, 2.45) is 0 Å². The maximum absolute atomic E-state index is 13.2. The topological polar surface area (TPSA) is 94.2 Å². The lowest BCUT2D eigenvalue weighted by atomic mass is 10.2. The molecule has 0 aliphatic heterocycles. The van der Waals surface area contributed by atoms with Gasteiger partial charge in [-0.25, -0.2) is 9.37 Å². The lowest BCUT2D eigenvalue weighted by Crippen LogP contribution is -2.33. The number of nitrogens with zero attached hydrogens (tertiary/aromatic N) is 5. The zero-order valence-corrected chi connectivity index (χ0v) is 16.9. The lowest BCUT2D eigenvalue weighted by Gasteiger charge is -2.20. The smallest absolute Gasteiger partial charge is 0.282 e. The highest BCUT2D eigenvalue weighted by Gasteiger charge is 2.22. The molecule has 1 amide bonds. The summed E-state index contributed by atoms with van der Waals surface area (Å²) in [5.41, 5.74) is 2.08. The number of carbonyl (C=O) groups excluding carboxylic acids is 1. The standard InChI is InChI=1S/C21H16FN5O3S/c22-17-8-6-16(7-9-17)19-14-31-21(24-19)26(11-15-4-2-1-3-5-15)20(28)13-25-12-18(10-23-25)27(29)30/h1-10,12,14H,11,13H2. The van der Waals surface area contributed by atoms with E-state index in [0.717, 1.165) is 17.3 Å². The van der Waals surface area contributed by atoms with Crippen LogP contribution in [0.5, 0.6) is 0 Å². The fraction of sp³-hybridized carbons (Fsp3) is 0.0952. The van der Waals surface area contributed by atoms with Crippen molar-refractivity contribution in [2.75, 3.05) is 4.90 Å². The lowest BCUT2D eigenvalue weighted by molar-refractivity contribution is -0.385. The summed E-state index contributed by atoms with van der Waals surface area (Å²) in [5, 5.41) is 17.0. The van der Waals surface area contributed by atoms with Crippen LogP contribution >= 0.6 is 11.3 Å². The molecule has 0 atom stereocenters. The third kappa shape index (κ3) is 4.81. The molecule has 0 N–H and O–H groups in total. The summed E-state index contributed by atoms with van der Waals surface area (Å²) in [6.45, 7) is 0.103. The fourth-order valence-electron chi connectivity index (χ4n) is 2.93. The highest BCUT2D eigenvalue weighted by molar-refractivity contribution is 7.14. The minimum atomic E-state index is -0.564. The molecule has 0 saturated carbocycles. The van der Waals surface area contributed by atoms with Crippen LogP contribution in [-0.4, -0.2) is 25.6 Å². The summed E-state index contributed by atoms with van der Waals surface area (Å²) in [5.74, 6) is -0.657. The Balaban J connectivity index is 1.61. The van der Waals surface area contributed by atoms with Crippen LogP contribution < -0.4 is 4.90 Å². The molecular weight excluding hydrogens is 421 g/mol. The SMILES string of the molecule is O=C(Cn1cc([N+](=O)[O-])cn1)N(Cc1ccccc1)c1nc(-c2ccc(F)cc2)cs1. The Morgan fingerprint density at radius 1 is 1.16 bits per heavy atom. The molecule has 10 heteroatoms. The van der Waals surface area contributed by atoms with Gasteiger partial charge in [0.1, 0.15) is 24.8 Å². The number of aromatic nitrogens is 3. The highest BCUT2D eigenvalue weighted by atomic mass is 32.1. The molecule has 2 aromatic carbocycles. The number of hydrogen-bond acceptors (Lipinski definition) is 6. The van der Waals surface area contributed by atoms with Gasteiger partial charge in [0.05, 0.1) is 17.2 Å². The van der Waals surface area contributed by atoms with E-state index in [4.69, 9.17) is 0 Å². The fourth-order valence-corrected chi connectivity index (χ4v) is 3.78. The summed E-state index contributed by atoms with van der Waals surface area (Å²) in [6.07, 6.45) is 2.31. The summed E-state index contributed by atoms with van der Waals surface area (Å²) < 4.78 is 14.5. The van der Waals surface area contributed by atoms with E-state index in [1.54, 1.807) is 17.5 Å². The minimum absolute atomic E-state index is 0.174. The molecule has 8 nitrogen and oxygen atoms in total. The molecule has 0 bridgehead atoms. The first-order chi connectivity index (χ1) is 15.0. The number of benzene rings is 2. The van der Waals surface area contributed by atoms with E-state index < -0.39 is 4.92 Å². The molecule has 0 unspecified atom stereocenters. The number of anilines is 1. The summed E-state index contributed by atoms with van der Waals surface area (Å²) in [4.78, 5) is 29.5. The van der Waals surface area contributed by atoms with Gasteiger partial charge in [-0.2, -0.15) is 5.10 Å². The van der Waals surface area contributed by atoms with Crippen LogP contribution in [0.15, 0.2) is 72.4 Å². The molecule has 0 aliphatic carbocycles. The van der Waals surface area contributed by atoms with Gasteiger partial charge in [-0.05, 0) is 29.8 Å². The third-order valence-corrected chi connectivity index (χ3v) is 5.34. The molecule has 2 aromatic heterocycles. The van der Waals surface area contributed by atoms with Gasteiger partial charge in [-0.1, -0.05) is 30.3 Å². The molecule has 2 heterocycles. The molecule has 4 rings (SSSR count). The van der Waals surface area contributed by atoms with Crippen molar-refractivity contribution in [3.8, 4) is 11.3 Å². The monoisotopic (exact) mass is 437 g/mol. The van der Waals surface area contributed by atoms with Crippen LogP contribution in [0.25, 0.3) is 11.3 Å². The molecule has 0 aliphatic rings. The minimum Gasteiger partial charge on any atom is -0.282 e. The number of amides is 1. The van der Waals surface area contributed by atoms with Gasteiger partial charge in [0, 0.05) is 10.9 Å². The Morgan fingerprint density at radius 3 is 2.58 bits per heavy atom. The molecule has 0 saturated heterocycles. The number of halogens is 1. The summed E-state index contributed by atoms with van der Waals surface area (Å²) >= 11 is 1.29. The van der Waals surface area contributed by atoms with Gasteiger partial charge < -0.3 is 0 Å². The molecule has 156 valence electrons. The average molecular weight is 437 g/mol. The first-order valence-corrected chi connectivity index (χ1v) is 10.1. The summed E-state index contributed by atoms with van der Waals surface area (Å²) in [7, 11) is 0. The first-order valence-electron chi connectivity index (χ1n) is 9.22. The number of rotatable bonds is 7. The Hall–Kier alpha value is -3.92. The Morgan fingerprint density at radius 2 is 1.90 bits per heavy atom. The second-order valence-corrected chi connectivity index (χ2v) is 7.48. The zero-order chi connectivity index (χ0) is 21.8. The molecule has 0 fully saturated rings. The predicted octanol–water partition coefficient (Wildman–Crippen LogP) is 4.29. The van der Waals surface area contributed by atoms with Crippen molar-refractivity contribution in [1.82, 2.24) is 14.8 Å². The van der Waals surface area contributed by atoms with Crippen LogP contribution in [-0.2, 0) is 17.9 Å². The molecular formula is C21H16FN5O3S. The second kappa shape index (κ2) is 8.84. The van der Waals surface area contributed by atoms with Gasteiger partial charge in [0.15, 0.2) is 5.13 Å². The third-order valence-electron chi connectivity index (χ3n) is 4.48. The Bertz CT molecular complexity index is 1210. The van der Waals surface area contributed by atoms with E-state index in [9.17, 15) is 19.3 Å². The van der Waals surface area contributed by atoms with Gasteiger partial charge in [0.2, 0.25) is 0 Å². The Kier molecular flexibility index (Phi) is 5.80. The van der Waals surface area contributed by atoms with E-state index in [-0.39, 0.29) is 30.5 Å². The molecule has 0 spiro atoms. The van der Waals surface area contributed by atoms with Crippen LogP contribution in [0, 0.1) is 15.9 Å². The van der Waals surface area contributed by atoms with E-state index in [0.29, 0.717) is 10.8 Å². The van der Waals surface area contributed by atoms with E-state index in [1.807, 2.05) is 30.3 Å². The zero-order valence-electron chi connectivity index (χ0n) is 16.1. The van der Waals surface area contributed by atoms with E-state index in [1.165, 1.54) is 39.2 Å². The maximum Gasteiger partial charge on any atom is 0.307 e. The largest absolute Gasteiger partial charge is 0.307 e. The quantitative estimate of drug-likeness (QED) is 0.318. The van der Waals surface area contributed by atoms with Crippen molar-refractivity contribution in [3.63, 3.8) is 0 Å². The van der Waals surface area contributed by atoms with Crippen molar-refractivity contribution in [1.29, 1.82) is 0 Å². The van der Waals surface area contributed by atoms with Crippen molar-refractivity contribution < 1.29 is 14.1 Å². The van der Waals surface area contributed by atoms with Crippen molar-refractivity contribution >= 4 is 28.1 Å². The normalized spacial score (nSPS) is 10.7. The van der Waals surface area contributed by atoms with Gasteiger partial charge in [-0.3, -0.25) is 24.5 Å². The summed E-state index contributed by atoms with van der Waals surface area (Å²) in [6, 6.07) is 15.4. The van der Waals surface area contributed by atoms with Gasteiger partial charge >= 0.3 is 5.69 Å². The van der Waals surface area contributed by atoms with Gasteiger partial charge in [0.25, 0.3) is 5.91 Å². The molecule has 0 radical (unpaired) electrons. The first kappa shape index (κ1) is 20.4. The molecule has 4 aromatic rings. The number of hydrogen-bond donors (Lipinski definition) is 0.